The van der Waals surface area contributed by atoms with Crippen molar-refractivity contribution in [2.45, 2.75) is 20.8 Å². The number of amides is 2. The summed E-state index contributed by atoms with van der Waals surface area (Å²) >= 11 is 3.38. The third kappa shape index (κ3) is 5.39. The van der Waals surface area contributed by atoms with Gasteiger partial charge in [0.15, 0.2) is 0 Å². The Morgan fingerprint density at radius 2 is 1.50 bits per heavy atom. The van der Waals surface area contributed by atoms with E-state index in [4.69, 9.17) is 0 Å². The lowest BCUT2D eigenvalue weighted by Crippen LogP contribution is -2.34. The van der Waals surface area contributed by atoms with E-state index in [1.807, 2.05) is 30.3 Å². The van der Waals surface area contributed by atoms with E-state index in [1.54, 1.807) is 45.0 Å². The highest BCUT2D eigenvalue weighted by atomic mass is 79.9. The molecule has 0 aromatic heterocycles. The molecule has 0 heterocycles. The minimum Gasteiger partial charge on any atom is -0.317 e. The predicted molar refractivity (Wildman–Crippen MR) is 107 cm³/mol. The number of rotatable bonds is 5. The van der Waals surface area contributed by atoms with Crippen LogP contribution in [0.1, 0.15) is 36.7 Å². The van der Waals surface area contributed by atoms with Gasteiger partial charge in [0, 0.05) is 10.0 Å². The molecule has 26 heavy (non-hydrogen) atoms. The Bertz CT molecular complexity index is 852. The summed E-state index contributed by atoms with van der Waals surface area (Å²) in [5.41, 5.74) is 5.40. The van der Waals surface area contributed by atoms with Crippen LogP contribution < -0.4 is 10.7 Å². The molecule has 2 N–H and O–H groups in total. The maximum atomic E-state index is 12.4. The van der Waals surface area contributed by atoms with Crippen molar-refractivity contribution >= 4 is 33.5 Å². The van der Waals surface area contributed by atoms with Crippen LogP contribution in [0.25, 0.3) is 0 Å². The second-order valence-electron chi connectivity index (χ2n) is 5.84. The zero-order valence-electron chi connectivity index (χ0n) is 14.8. The number of carbonyl (C=O) groups is 2. The molecule has 0 aliphatic rings. The average Bonchev–Trinajstić information content (AvgIpc) is 2.64. The molecule has 0 bridgehead atoms. The first-order valence-electron chi connectivity index (χ1n) is 8.03. The second-order valence-corrected chi connectivity index (χ2v) is 6.76. The molecule has 2 amide bonds. The average molecular weight is 414 g/mol. The minimum absolute atomic E-state index is 0.186. The van der Waals surface area contributed by atoms with Gasteiger partial charge in [-0.2, -0.15) is 5.10 Å². The van der Waals surface area contributed by atoms with Crippen molar-refractivity contribution in [1.82, 2.24) is 10.7 Å². The number of carbonyl (C=O) groups excluding carboxylic acids is 2. The van der Waals surface area contributed by atoms with Crippen LogP contribution >= 0.6 is 15.9 Å². The Morgan fingerprint density at radius 3 is 2.08 bits per heavy atom. The van der Waals surface area contributed by atoms with Crippen LogP contribution in [0.15, 0.2) is 75.4 Å². The molecule has 2 rings (SSSR count). The number of nitrogens with one attached hydrogen (secondary N) is 2. The molecule has 6 heteroatoms. The van der Waals surface area contributed by atoms with Crippen LogP contribution in [-0.4, -0.2) is 17.5 Å². The summed E-state index contributed by atoms with van der Waals surface area (Å²) in [7, 11) is 0. The van der Waals surface area contributed by atoms with Crippen molar-refractivity contribution in [3.05, 3.63) is 81.5 Å². The molecule has 0 saturated heterocycles. The molecule has 0 aliphatic heterocycles. The van der Waals surface area contributed by atoms with Gasteiger partial charge < -0.3 is 5.32 Å². The van der Waals surface area contributed by atoms with Crippen molar-refractivity contribution in [3.63, 3.8) is 0 Å². The van der Waals surface area contributed by atoms with Crippen molar-refractivity contribution in [2.75, 3.05) is 0 Å². The highest BCUT2D eigenvalue weighted by molar-refractivity contribution is 9.10. The van der Waals surface area contributed by atoms with E-state index >= 15 is 0 Å². The predicted octanol–water partition coefficient (Wildman–Crippen LogP) is 4.01. The molecule has 0 saturated carbocycles. The lowest BCUT2D eigenvalue weighted by atomic mass is 10.1. The maximum Gasteiger partial charge on any atom is 0.287 e. The van der Waals surface area contributed by atoms with Gasteiger partial charge in [-0.25, -0.2) is 5.43 Å². The van der Waals surface area contributed by atoms with E-state index in [1.165, 1.54) is 0 Å². The maximum absolute atomic E-state index is 12.4. The fraction of sp³-hybridized carbons (Fsp3) is 0.150. The van der Waals surface area contributed by atoms with Gasteiger partial charge in [-0.3, -0.25) is 9.59 Å². The first-order chi connectivity index (χ1) is 12.4. The van der Waals surface area contributed by atoms with Crippen LogP contribution in [0.3, 0.4) is 0 Å². The SMILES string of the molecule is CC(C)=C(NC(=O)c1ccccc1)C(=O)N/N=C(\C)c1ccc(Br)cc1. The molecule has 5 nitrogen and oxygen atoms in total. The number of nitrogens with zero attached hydrogens (tertiary/aromatic N) is 1. The number of halogens is 1. The summed E-state index contributed by atoms with van der Waals surface area (Å²) in [6, 6.07) is 16.3. The molecule has 2 aromatic rings. The molecule has 0 spiro atoms. The Morgan fingerprint density at radius 1 is 0.885 bits per heavy atom. The largest absolute Gasteiger partial charge is 0.317 e. The Hall–Kier alpha value is -2.73. The Labute approximate surface area is 161 Å². The number of hydrazone groups is 1. The van der Waals surface area contributed by atoms with E-state index in [9.17, 15) is 9.59 Å². The van der Waals surface area contributed by atoms with Crippen molar-refractivity contribution in [1.29, 1.82) is 0 Å². The zero-order valence-corrected chi connectivity index (χ0v) is 16.4. The standard InChI is InChI=1S/C20H20BrN3O2/c1-13(2)18(22-19(25)16-7-5-4-6-8-16)20(26)24-23-14(3)15-9-11-17(21)12-10-15/h4-12H,1-3H3,(H,22,25)(H,24,26)/b23-14+. The third-order valence-corrected chi connectivity index (χ3v) is 4.12. The van der Waals surface area contributed by atoms with Crippen LogP contribution in [0, 0.1) is 0 Å². The quantitative estimate of drug-likeness (QED) is 0.441. The molecule has 0 unspecified atom stereocenters. The normalized spacial score (nSPS) is 10.8. The molecule has 0 atom stereocenters. The number of hydrogen-bond acceptors (Lipinski definition) is 3. The molecule has 0 fully saturated rings. The van der Waals surface area contributed by atoms with Crippen LogP contribution in [-0.2, 0) is 4.79 Å². The first-order valence-corrected chi connectivity index (χ1v) is 8.82. The smallest absolute Gasteiger partial charge is 0.287 e. The summed E-state index contributed by atoms with van der Waals surface area (Å²) < 4.78 is 0.966. The summed E-state index contributed by atoms with van der Waals surface area (Å²) in [4.78, 5) is 24.7. The van der Waals surface area contributed by atoms with Gasteiger partial charge in [0.2, 0.25) is 0 Å². The first kappa shape index (κ1) is 19.6. The van der Waals surface area contributed by atoms with E-state index in [-0.39, 0.29) is 11.6 Å². The molecule has 0 aliphatic carbocycles. The minimum atomic E-state index is -0.467. The molecular weight excluding hydrogens is 394 g/mol. The van der Waals surface area contributed by atoms with Crippen molar-refractivity contribution in [2.24, 2.45) is 5.10 Å². The van der Waals surface area contributed by atoms with Crippen LogP contribution in [0.5, 0.6) is 0 Å². The van der Waals surface area contributed by atoms with E-state index < -0.39 is 5.91 Å². The van der Waals surface area contributed by atoms with Gasteiger partial charge in [0.25, 0.3) is 11.8 Å². The van der Waals surface area contributed by atoms with E-state index in [2.05, 4.69) is 31.8 Å². The number of allylic oxidation sites excluding steroid dienone is 1. The van der Waals surface area contributed by atoms with E-state index in [0.717, 1.165) is 10.0 Å². The Balaban J connectivity index is 2.09. The highest BCUT2D eigenvalue weighted by Crippen LogP contribution is 2.11. The van der Waals surface area contributed by atoms with Crippen molar-refractivity contribution in [3.8, 4) is 0 Å². The fourth-order valence-corrected chi connectivity index (χ4v) is 2.39. The molecule has 134 valence electrons. The van der Waals surface area contributed by atoms with E-state index in [0.29, 0.717) is 16.8 Å². The lowest BCUT2D eigenvalue weighted by molar-refractivity contribution is -0.117. The summed E-state index contributed by atoms with van der Waals surface area (Å²) in [6.07, 6.45) is 0. The fourth-order valence-electron chi connectivity index (χ4n) is 2.13. The van der Waals surface area contributed by atoms with Gasteiger partial charge in [0.1, 0.15) is 5.70 Å². The summed E-state index contributed by atoms with van der Waals surface area (Å²) in [5.74, 6) is -0.809. The Kier molecular flexibility index (Phi) is 6.86. The van der Waals surface area contributed by atoms with Gasteiger partial charge in [-0.1, -0.05) is 46.3 Å². The van der Waals surface area contributed by atoms with Crippen LogP contribution in [0.2, 0.25) is 0 Å². The lowest BCUT2D eigenvalue weighted by Gasteiger charge is -2.11. The zero-order chi connectivity index (χ0) is 19.1. The molecule has 0 radical (unpaired) electrons. The van der Waals surface area contributed by atoms with Gasteiger partial charge in [-0.15, -0.1) is 0 Å². The second kappa shape index (κ2) is 9.10. The number of benzene rings is 2. The monoisotopic (exact) mass is 413 g/mol. The number of hydrogen-bond donors (Lipinski definition) is 2. The van der Waals surface area contributed by atoms with Crippen molar-refractivity contribution < 1.29 is 9.59 Å². The van der Waals surface area contributed by atoms with Crippen LogP contribution in [0.4, 0.5) is 0 Å². The highest BCUT2D eigenvalue weighted by Gasteiger charge is 2.15. The molecule has 2 aromatic carbocycles. The molecular formula is C20H20BrN3O2. The summed E-state index contributed by atoms with van der Waals surface area (Å²) in [5, 5.41) is 6.78. The van der Waals surface area contributed by atoms with Gasteiger partial charge in [-0.05, 0) is 56.2 Å². The third-order valence-electron chi connectivity index (χ3n) is 3.59. The summed E-state index contributed by atoms with van der Waals surface area (Å²) in [6.45, 7) is 5.31. The van der Waals surface area contributed by atoms with Gasteiger partial charge >= 0.3 is 0 Å². The van der Waals surface area contributed by atoms with Gasteiger partial charge in [0.05, 0.1) is 5.71 Å². The topological polar surface area (TPSA) is 70.6 Å².